The Morgan fingerprint density at radius 1 is 1.12 bits per heavy atom. The van der Waals surface area contributed by atoms with Crippen LogP contribution in [0.2, 0.25) is 0 Å². The minimum atomic E-state index is -0.546. The average molecular weight is 358 g/mol. The van der Waals surface area contributed by atoms with Crippen molar-refractivity contribution in [2.45, 2.75) is 32.1 Å². The number of carbonyl (C=O) groups excluding carboxylic acids is 4. The Labute approximate surface area is 151 Å². The van der Waals surface area contributed by atoms with Crippen LogP contribution in [-0.4, -0.2) is 42.2 Å². The van der Waals surface area contributed by atoms with Crippen LogP contribution in [0.25, 0.3) is 0 Å². The molecule has 7 heteroatoms. The predicted octanol–water partition coefficient (Wildman–Crippen LogP) is 1.98. The number of hydrogen-bond donors (Lipinski definition) is 1. The summed E-state index contributed by atoms with van der Waals surface area (Å²) in [5, 5.41) is 2.65. The van der Waals surface area contributed by atoms with Crippen molar-refractivity contribution in [1.29, 1.82) is 0 Å². The van der Waals surface area contributed by atoms with Crippen LogP contribution >= 0.6 is 0 Å². The minimum absolute atomic E-state index is 0.00751. The van der Waals surface area contributed by atoms with Gasteiger partial charge in [-0.2, -0.15) is 0 Å². The van der Waals surface area contributed by atoms with Gasteiger partial charge in [-0.25, -0.2) is 4.79 Å². The van der Waals surface area contributed by atoms with Gasteiger partial charge in [0.25, 0.3) is 0 Å². The van der Waals surface area contributed by atoms with E-state index in [4.69, 9.17) is 4.74 Å². The van der Waals surface area contributed by atoms with Crippen molar-refractivity contribution in [2.24, 2.45) is 11.8 Å². The lowest BCUT2D eigenvalue weighted by Gasteiger charge is -2.19. The van der Waals surface area contributed by atoms with Crippen molar-refractivity contribution in [3.8, 4) is 0 Å². The normalized spacial score (nSPS) is 22.1. The zero-order valence-electron chi connectivity index (χ0n) is 14.7. The highest BCUT2D eigenvalue weighted by molar-refractivity contribution is 6.06. The third-order valence-corrected chi connectivity index (χ3v) is 5.10. The maximum atomic E-state index is 12.4. The topological polar surface area (TPSA) is 92.8 Å². The highest BCUT2D eigenvalue weighted by atomic mass is 16.5. The van der Waals surface area contributed by atoms with Crippen LogP contribution in [0, 0.1) is 11.8 Å². The fourth-order valence-corrected chi connectivity index (χ4v) is 3.76. The number of likely N-dealkylation sites (tertiary alicyclic amines) is 1. The summed E-state index contributed by atoms with van der Waals surface area (Å²) in [6.45, 7) is 0.0664. The van der Waals surface area contributed by atoms with Gasteiger partial charge >= 0.3 is 5.97 Å². The second-order valence-electron chi connectivity index (χ2n) is 6.66. The monoisotopic (exact) mass is 358 g/mol. The van der Waals surface area contributed by atoms with Crippen molar-refractivity contribution in [2.75, 3.05) is 19.0 Å². The minimum Gasteiger partial charge on any atom is -0.465 e. The van der Waals surface area contributed by atoms with Crippen LogP contribution in [0.3, 0.4) is 0 Å². The molecule has 1 aliphatic carbocycles. The molecule has 3 amide bonds. The summed E-state index contributed by atoms with van der Waals surface area (Å²) >= 11 is 0. The molecule has 2 fully saturated rings. The van der Waals surface area contributed by atoms with Crippen molar-refractivity contribution in [1.82, 2.24) is 4.90 Å². The van der Waals surface area contributed by atoms with E-state index < -0.39 is 5.97 Å². The van der Waals surface area contributed by atoms with E-state index in [2.05, 4.69) is 5.32 Å². The van der Waals surface area contributed by atoms with Gasteiger partial charge in [0.15, 0.2) is 0 Å². The molecule has 1 saturated heterocycles. The highest BCUT2D eigenvalue weighted by Crippen LogP contribution is 2.37. The number of benzene rings is 1. The summed E-state index contributed by atoms with van der Waals surface area (Å²) in [5.41, 5.74) is 0.597. The van der Waals surface area contributed by atoms with E-state index in [1.54, 1.807) is 24.3 Å². The van der Waals surface area contributed by atoms with E-state index in [1.807, 2.05) is 0 Å². The molecule has 2 atom stereocenters. The van der Waals surface area contributed by atoms with Crippen molar-refractivity contribution >= 4 is 29.4 Å². The van der Waals surface area contributed by atoms with Crippen LogP contribution in [0.5, 0.6) is 0 Å². The number of ether oxygens (including phenoxy) is 1. The van der Waals surface area contributed by atoms with E-state index in [-0.39, 0.29) is 48.1 Å². The molecule has 1 N–H and O–H groups in total. The number of fused-ring (bicyclic) bond motifs is 1. The van der Waals surface area contributed by atoms with Crippen LogP contribution in [0.1, 0.15) is 42.5 Å². The first-order valence-electron chi connectivity index (χ1n) is 8.85. The number of methoxy groups -OCH3 is 1. The molecule has 2 aliphatic rings. The number of para-hydroxylation sites is 1. The van der Waals surface area contributed by atoms with Gasteiger partial charge in [0.05, 0.1) is 30.2 Å². The largest absolute Gasteiger partial charge is 0.465 e. The maximum Gasteiger partial charge on any atom is 0.339 e. The van der Waals surface area contributed by atoms with Crippen molar-refractivity contribution in [3.05, 3.63) is 29.8 Å². The second-order valence-corrected chi connectivity index (χ2v) is 6.66. The molecule has 7 nitrogen and oxygen atoms in total. The maximum absolute atomic E-state index is 12.4. The molecule has 138 valence electrons. The smallest absolute Gasteiger partial charge is 0.339 e. The van der Waals surface area contributed by atoms with Gasteiger partial charge in [0.1, 0.15) is 0 Å². The third-order valence-electron chi connectivity index (χ3n) is 5.10. The first-order valence-corrected chi connectivity index (χ1v) is 8.85. The van der Waals surface area contributed by atoms with Gasteiger partial charge in [-0.15, -0.1) is 0 Å². The SMILES string of the molecule is COC(=O)c1ccccc1NC(=O)CCN1C(=O)[C@H]2CCCC[C@@H]2C1=O. The lowest BCUT2D eigenvalue weighted by atomic mass is 9.81. The number of anilines is 1. The number of esters is 1. The van der Waals surface area contributed by atoms with E-state index >= 15 is 0 Å². The molecular formula is C19H22N2O5. The van der Waals surface area contributed by atoms with E-state index in [0.717, 1.165) is 25.7 Å². The molecule has 0 radical (unpaired) electrons. The molecule has 0 spiro atoms. The molecule has 1 aromatic carbocycles. The average Bonchev–Trinajstić information content (AvgIpc) is 2.91. The Morgan fingerprint density at radius 2 is 1.73 bits per heavy atom. The van der Waals surface area contributed by atoms with E-state index in [1.165, 1.54) is 12.0 Å². The van der Waals surface area contributed by atoms with Gasteiger partial charge in [-0.05, 0) is 25.0 Å². The molecule has 1 saturated carbocycles. The lowest BCUT2D eigenvalue weighted by Crippen LogP contribution is -2.34. The number of rotatable bonds is 5. The molecule has 3 rings (SSSR count). The first-order chi connectivity index (χ1) is 12.5. The van der Waals surface area contributed by atoms with Crippen LogP contribution in [0.15, 0.2) is 24.3 Å². The van der Waals surface area contributed by atoms with Crippen LogP contribution < -0.4 is 5.32 Å². The highest BCUT2D eigenvalue weighted by Gasteiger charge is 2.47. The number of imide groups is 1. The first kappa shape index (κ1) is 18.1. The molecular weight excluding hydrogens is 336 g/mol. The quantitative estimate of drug-likeness (QED) is 0.642. The molecule has 1 heterocycles. The molecule has 0 unspecified atom stereocenters. The second kappa shape index (κ2) is 7.68. The zero-order valence-corrected chi connectivity index (χ0v) is 14.7. The van der Waals surface area contributed by atoms with Gasteiger partial charge in [-0.1, -0.05) is 25.0 Å². The Bertz CT molecular complexity index is 721. The third kappa shape index (κ3) is 3.47. The van der Waals surface area contributed by atoms with Gasteiger partial charge in [0, 0.05) is 13.0 Å². The van der Waals surface area contributed by atoms with Gasteiger partial charge < -0.3 is 10.1 Å². The lowest BCUT2D eigenvalue weighted by molar-refractivity contribution is -0.140. The summed E-state index contributed by atoms with van der Waals surface area (Å²) in [7, 11) is 1.27. The number of hydrogen-bond acceptors (Lipinski definition) is 5. The molecule has 1 aromatic rings. The summed E-state index contributed by atoms with van der Waals surface area (Å²) in [6, 6.07) is 6.52. The number of amides is 3. The fourth-order valence-electron chi connectivity index (χ4n) is 3.76. The molecule has 0 bridgehead atoms. The Hall–Kier alpha value is -2.70. The molecule has 0 aromatic heterocycles. The molecule has 1 aliphatic heterocycles. The fraction of sp³-hybridized carbons (Fsp3) is 0.474. The Kier molecular flexibility index (Phi) is 5.35. The van der Waals surface area contributed by atoms with E-state index in [0.29, 0.717) is 5.69 Å². The van der Waals surface area contributed by atoms with Crippen molar-refractivity contribution < 1.29 is 23.9 Å². The van der Waals surface area contributed by atoms with Crippen LogP contribution in [-0.2, 0) is 19.1 Å². The molecule has 26 heavy (non-hydrogen) atoms. The summed E-state index contributed by atoms with van der Waals surface area (Å²) in [5.74, 6) is -1.63. The standard InChI is InChI=1S/C19H22N2O5/c1-26-19(25)14-8-4-5-9-15(14)20-16(22)10-11-21-17(23)12-6-2-3-7-13(12)18(21)24/h4-5,8-9,12-13H,2-3,6-7,10-11H2,1H3,(H,20,22)/t12-,13-/m0/s1. The van der Waals surface area contributed by atoms with Crippen LogP contribution in [0.4, 0.5) is 5.69 Å². The van der Waals surface area contributed by atoms with Crippen molar-refractivity contribution in [3.63, 3.8) is 0 Å². The number of nitrogens with zero attached hydrogens (tertiary/aromatic N) is 1. The predicted molar refractivity (Wildman–Crippen MR) is 93.2 cm³/mol. The summed E-state index contributed by atoms with van der Waals surface area (Å²) in [6.07, 6.45) is 3.44. The number of nitrogens with one attached hydrogen (secondary N) is 1. The Morgan fingerprint density at radius 3 is 2.35 bits per heavy atom. The summed E-state index contributed by atoms with van der Waals surface area (Å²) in [4.78, 5) is 50.0. The Balaban J connectivity index is 1.61. The van der Waals surface area contributed by atoms with Gasteiger partial charge in [-0.3, -0.25) is 19.3 Å². The number of carbonyl (C=O) groups is 4. The van der Waals surface area contributed by atoms with Gasteiger partial charge in [0.2, 0.25) is 17.7 Å². The summed E-state index contributed by atoms with van der Waals surface area (Å²) < 4.78 is 4.69. The van der Waals surface area contributed by atoms with E-state index in [9.17, 15) is 19.2 Å². The zero-order chi connectivity index (χ0) is 18.7.